The Bertz CT molecular complexity index is 1220. The van der Waals surface area contributed by atoms with E-state index in [9.17, 15) is 14.4 Å². The van der Waals surface area contributed by atoms with Crippen molar-refractivity contribution in [2.75, 3.05) is 12.4 Å². The minimum absolute atomic E-state index is 0.0612. The molecule has 0 spiro atoms. The first-order chi connectivity index (χ1) is 15.4. The van der Waals surface area contributed by atoms with Crippen molar-refractivity contribution in [2.24, 2.45) is 0 Å². The van der Waals surface area contributed by atoms with E-state index in [0.29, 0.717) is 32.8 Å². The molecule has 162 valence electrons. The number of hydrogen-bond donors (Lipinski definition) is 1. The standard InChI is InChI=1S/C25H20BrFN2O3/c1-16-5-3-8-21(9-16)29-25(30)19(14-28)10-18-12-22(26)24(23(13-18)31-2)32-15-17-6-4-7-20(27)11-17/h3-13H,15H2,1-2H3,(H,29,30)/b19-10-. The maximum absolute atomic E-state index is 13.4. The van der Waals surface area contributed by atoms with E-state index >= 15 is 0 Å². The fraction of sp³-hybridized carbons (Fsp3) is 0.120. The highest BCUT2D eigenvalue weighted by Gasteiger charge is 2.14. The van der Waals surface area contributed by atoms with Gasteiger partial charge in [-0.3, -0.25) is 4.79 Å². The average molecular weight is 495 g/mol. The van der Waals surface area contributed by atoms with E-state index in [2.05, 4.69) is 21.2 Å². The van der Waals surface area contributed by atoms with Gasteiger partial charge >= 0.3 is 0 Å². The van der Waals surface area contributed by atoms with E-state index in [-0.39, 0.29) is 18.0 Å². The zero-order valence-electron chi connectivity index (χ0n) is 17.5. The van der Waals surface area contributed by atoms with Gasteiger partial charge in [0.15, 0.2) is 11.5 Å². The number of halogens is 2. The molecule has 0 atom stereocenters. The number of amides is 1. The van der Waals surface area contributed by atoms with Crippen molar-refractivity contribution in [2.45, 2.75) is 13.5 Å². The summed E-state index contributed by atoms with van der Waals surface area (Å²) < 4.78 is 25.2. The summed E-state index contributed by atoms with van der Waals surface area (Å²) in [5.74, 6) is -0.0275. The number of aryl methyl sites for hydroxylation is 1. The molecule has 0 aliphatic rings. The summed E-state index contributed by atoms with van der Waals surface area (Å²) in [4.78, 5) is 12.6. The molecule has 0 aliphatic carbocycles. The van der Waals surface area contributed by atoms with Crippen LogP contribution in [0.3, 0.4) is 0 Å². The van der Waals surface area contributed by atoms with Gasteiger partial charge in [0.1, 0.15) is 24.1 Å². The molecule has 3 rings (SSSR count). The molecule has 0 fully saturated rings. The first-order valence-corrected chi connectivity index (χ1v) is 10.4. The SMILES string of the molecule is COc1cc(/C=C(/C#N)C(=O)Nc2cccc(C)c2)cc(Br)c1OCc1cccc(F)c1. The number of anilines is 1. The minimum Gasteiger partial charge on any atom is -0.493 e. The summed E-state index contributed by atoms with van der Waals surface area (Å²) in [6.45, 7) is 2.06. The number of nitrogens with one attached hydrogen (secondary N) is 1. The van der Waals surface area contributed by atoms with Crippen molar-refractivity contribution in [3.8, 4) is 17.6 Å². The molecule has 5 nitrogen and oxygen atoms in total. The van der Waals surface area contributed by atoms with Crippen LogP contribution in [-0.2, 0) is 11.4 Å². The Hall–Kier alpha value is -3.63. The van der Waals surface area contributed by atoms with Gasteiger partial charge in [-0.15, -0.1) is 0 Å². The van der Waals surface area contributed by atoms with Gasteiger partial charge in [0.2, 0.25) is 0 Å². The zero-order chi connectivity index (χ0) is 23.1. The number of methoxy groups -OCH3 is 1. The van der Waals surface area contributed by atoms with Gasteiger partial charge < -0.3 is 14.8 Å². The number of carbonyl (C=O) groups excluding carboxylic acids is 1. The second-order valence-corrected chi connectivity index (χ2v) is 7.80. The number of ether oxygens (including phenoxy) is 2. The van der Waals surface area contributed by atoms with Crippen LogP contribution in [0, 0.1) is 24.1 Å². The molecule has 0 aliphatic heterocycles. The molecule has 0 aromatic heterocycles. The maximum atomic E-state index is 13.4. The molecule has 3 aromatic carbocycles. The first-order valence-electron chi connectivity index (χ1n) is 9.64. The number of rotatable bonds is 7. The smallest absolute Gasteiger partial charge is 0.266 e. The van der Waals surface area contributed by atoms with Crippen LogP contribution in [0.4, 0.5) is 10.1 Å². The predicted molar refractivity (Wildman–Crippen MR) is 125 cm³/mol. The Morgan fingerprint density at radius 3 is 2.66 bits per heavy atom. The Morgan fingerprint density at radius 2 is 1.97 bits per heavy atom. The maximum Gasteiger partial charge on any atom is 0.266 e. The largest absolute Gasteiger partial charge is 0.493 e. The molecule has 7 heteroatoms. The Morgan fingerprint density at radius 1 is 1.19 bits per heavy atom. The fourth-order valence-electron chi connectivity index (χ4n) is 2.98. The molecule has 1 amide bonds. The molecule has 32 heavy (non-hydrogen) atoms. The molecular formula is C25H20BrFN2O3. The first kappa shape index (κ1) is 23.0. The van der Waals surface area contributed by atoms with Gasteiger partial charge in [-0.25, -0.2) is 4.39 Å². The topological polar surface area (TPSA) is 71.3 Å². The molecule has 0 radical (unpaired) electrons. The highest BCUT2D eigenvalue weighted by Crippen LogP contribution is 2.37. The Labute approximate surface area is 194 Å². The number of benzene rings is 3. The lowest BCUT2D eigenvalue weighted by Crippen LogP contribution is -2.13. The van der Waals surface area contributed by atoms with Gasteiger partial charge in [-0.2, -0.15) is 5.26 Å². The second kappa shape index (κ2) is 10.6. The van der Waals surface area contributed by atoms with Crippen molar-refractivity contribution in [1.29, 1.82) is 5.26 Å². The molecule has 1 N–H and O–H groups in total. The van der Waals surface area contributed by atoms with Crippen LogP contribution in [-0.4, -0.2) is 13.0 Å². The average Bonchev–Trinajstić information content (AvgIpc) is 2.76. The van der Waals surface area contributed by atoms with Gasteiger partial charge in [0.05, 0.1) is 11.6 Å². The Balaban J connectivity index is 1.82. The molecule has 0 unspecified atom stereocenters. The summed E-state index contributed by atoms with van der Waals surface area (Å²) in [7, 11) is 1.49. The van der Waals surface area contributed by atoms with Crippen molar-refractivity contribution >= 4 is 33.6 Å². The lowest BCUT2D eigenvalue weighted by Gasteiger charge is -2.14. The molecule has 0 bridgehead atoms. The number of carbonyl (C=O) groups is 1. The van der Waals surface area contributed by atoms with E-state index < -0.39 is 5.91 Å². The van der Waals surface area contributed by atoms with Gasteiger partial charge in [0, 0.05) is 5.69 Å². The number of nitriles is 1. The van der Waals surface area contributed by atoms with Crippen molar-refractivity contribution in [1.82, 2.24) is 0 Å². The summed E-state index contributed by atoms with van der Waals surface area (Å²) in [6.07, 6.45) is 1.47. The highest BCUT2D eigenvalue weighted by molar-refractivity contribution is 9.10. The van der Waals surface area contributed by atoms with Crippen LogP contribution >= 0.6 is 15.9 Å². The number of hydrogen-bond acceptors (Lipinski definition) is 4. The third-order valence-corrected chi connectivity index (χ3v) is 5.07. The second-order valence-electron chi connectivity index (χ2n) is 6.95. The third-order valence-electron chi connectivity index (χ3n) is 4.48. The van der Waals surface area contributed by atoms with Crippen LogP contribution in [0.15, 0.2) is 70.7 Å². The fourth-order valence-corrected chi connectivity index (χ4v) is 3.56. The quantitative estimate of drug-likeness (QED) is 0.321. The monoisotopic (exact) mass is 494 g/mol. The van der Waals surface area contributed by atoms with E-state index in [1.165, 1.54) is 25.3 Å². The lowest BCUT2D eigenvalue weighted by molar-refractivity contribution is -0.112. The molecule has 3 aromatic rings. The van der Waals surface area contributed by atoms with Gasteiger partial charge in [0.25, 0.3) is 5.91 Å². The summed E-state index contributed by atoms with van der Waals surface area (Å²) in [6, 6.07) is 18.7. The van der Waals surface area contributed by atoms with E-state index in [1.807, 2.05) is 31.2 Å². The minimum atomic E-state index is -0.514. The summed E-state index contributed by atoms with van der Waals surface area (Å²) >= 11 is 3.45. The molecule has 0 saturated carbocycles. The van der Waals surface area contributed by atoms with Crippen LogP contribution in [0.2, 0.25) is 0 Å². The van der Waals surface area contributed by atoms with Gasteiger partial charge in [-0.05, 0) is 82.0 Å². The van der Waals surface area contributed by atoms with Crippen LogP contribution in [0.25, 0.3) is 6.08 Å². The van der Waals surface area contributed by atoms with Gasteiger partial charge in [-0.1, -0.05) is 24.3 Å². The molecular weight excluding hydrogens is 475 g/mol. The summed E-state index contributed by atoms with van der Waals surface area (Å²) in [5.41, 5.74) is 2.78. The molecule has 0 saturated heterocycles. The number of nitrogens with zero attached hydrogens (tertiary/aromatic N) is 1. The van der Waals surface area contributed by atoms with Crippen molar-refractivity contribution < 1.29 is 18.7 Å². The van der Waals surface area contributed by atoms with Crippen LogP contribution in [0.1, 0.15) is 16.7 Å². The normalized spacial score (nSPS) is 10.9. The van der Waals surface area contributed by atoms with Crippen molar-refractivity contribution in [3.05, 3.63) is 93.2 Å². The van der Waals surface area contributed by atoms with Crippen LogP contribution < -0.4 is 14.8 Å². The predicted octanol–water partition coefficient (Wildman–Crippen LogP) is 6.03. The zero-order valence-corrected chi connectivity index (χ0v) is 19.1. The van der Waals surface area contributed by atoms with E-state index in [1.54, 1.807) is 30.3 Å². The van der Waals surface area contributed by atoms with Crippen LogP contribution in [0.5, 0.6) is 11.5 Å². The summed E-state index contributed by atoms with van der Waals surface area (Å²) in [5, 5.41) is 12.2. The Kier molecular flexibility index (Phi) is 7.63. The highest BCUT2D eigenvalue weighted by atomic mass is 79.9. The third kappa shape index (κ3) is 5.96. The van der Waals surface area contributed by atoms with Crippen molar-refractivity contribution in [3.63, 3.8) is 0 Å². The lowest BCUT2D eigenvalue weighted by atomic mass is 10.1. The molecule has 0 heterocycles. The van der Waals surface area contributed by atoms with E-state index in [4.69, 9.17) is 9.47 Å². The van der Waals surface area contributed by atoms with E-state index in [0.717, 1.165) is 5.56 Å².